The van der Waals surface area contributed by atoms with Crippen LogP contribution in [0.25, 0.3) is 10.1 Å². The number of rotatable bonds is 4. The largest absolute Gasteiger partial charge is 0.462 e. The van der Waals surface area contributed by atoms with Crippen LogP contribution in [0.15, 0.2) is 24.3 Å². The molecule has 2 N–H and O–H groups in total. The average Bonchev–Trinajstić information content (AvgIpc) is 3.19. The smallest absolute Gasteiger partial charge is 0.341 e. The Hall–Kier alpha value is -1.93. The fraction of sp³-hybridized carbons (Fsp3) is 0.391. The van der Waals surface area contributed by atoms with Gasteiger partial charge in [-0.1, -0.05) is 29.8 Å². The lowest BCUT2D eigenvalue weighted by Crippen LogP contribution is -2.55. The number of hydrogen-bond acceptors (Lipinski definition) is 6. The number of esters is 1. The first-order chi connectivity index (χ1) is 14.5. The number of thiophene rings is 2. The molecule has 0 aliphatic carbocycles. The van der Waals surface area contributed by atoms with Crippen LogP contribution in [0.1, 0.15) is 65.1 Å². The van der Waals surface area contributed by atoms with Crippen molar-refractivity contribution in [3.63, 3.8) is 0 Å². The van der Waals surface area contributed by atoms with Crippen LogP contribution in [0.4, 0.5) is 5.00 Å². The molecule has 8 heteroatoms. The quantitative estimate of drug-likeness (QED) is 0.439. The van der Waals surface area contributed by atoms with Crippen LogP contribution in [0, 0.1) is 0 Å². The number of fused-ring (bicyclic) bond motifs is 2. The van der Waals surface area contributed by atoms with E-state index in [-0.39, 0.29) is 23.6 Å². The molecule has 0 unspecified atom stereocenters. The van der Waals surface area contributed by atoms with Gasteiger partial charge in [0.1, 0.15) is 9.88 Å². The molecule has 0 saturated heterocycles. The summed E-state index contributed by atoms with van der Waals surface area (Å²) in [6.07, 6.45) is 0.663. The van der Waals surface area contributed by atoms with Gasteiger partial charge in [-0.05, 0) is 52.7 Å². The highest BCUT2D eigenvalue weighted by molar-refractivity contribution is 7.22. The van der Waals surface area contributed by atoms with Gasteiger partial charge in [0, 0.05) is 26.0 Å². The first-order valence-corrected chi connectivity index (χ1v) is 12.2. The Labute approximate surface area is 194 Å². The molecule has 1 aliphatic heterocycles. The van der Waals surface area contributed by atoms with Crippen molar-refractivity contribution < 1.29 is 14.3 Å². The zero-order valence-corrected chi connectivity index (χ0v) is 20.5. The maximum Gasteiger partial charge on any atom is 0.341 e. The summed E-state index contributed by atoms with van der Waals surface area (Å²) in [6.45, 7) is 10.4. The van der Waals surface area contributed by atoms with E-state index in [0.29, 0.717) is 26.9 Å². The highest BCUT2D eigenvalue weighted by atomic mass is 35.5. The zero-order chi connectivity index (χ0) is 22.6. The van der Waals surface area contributed by atoms with Crippen molar-refractivity contribution >= 4 is 61.2 Å². The monoisotopic (exact) mass is 476 g/mol. The molecule has 1 amide bonds. The number of carbonyl (C=O) groups is 2. The Kier molecular flexibility index (Phi) is 5.67. The summed E-state index contributed by atoms with van der Waals surface area (Å²) in [5.74, 6) is -0.730. The van der Waals surface area contributed by atoms with Gasteiger partial charge in [-0.3, -0.25) is 4.79 Å². The molecule has 164 valence electrons. The van der Waals surface area contributed by atoms with Crippen molar-refractivity contribution in [1.29, 1.82) is 0 Å². The van der Waals surface area contributed by atoms with Crippen molar-refractivity contribution in [2.75, 3.05) is 11.9 Å². The minimum absolute atomic E-state index is 0.200. The van der Waals surface area contributed by atoms with Gasteiger partial charge in [0.25, 0.3) is 5.91 Å². The van der Waals surface area contributed by atoms with E-state index in [1.54, 1.807) is 6.92 Å². The summed E-state index contributed by atoms with van der Waals surface area (Å²) >= 11 is 9.27. The predicted octanol–water partition coefficient (Wildman–Crippen LogP) is 6.20. The molecule has 1 aromatic carbocycles. The van der Waals surface area contributed by atoms with E-state index in [1.807, 2.05) is 24.3 Å². The molecule has 1 aliphatic rings. The summed E-state index contributed by atoms with van der Waals surface area (Å²) in [5.41, 5.74) is 0.848. The van der Waals surface area contributed by atoms with Gasteiger partial charge < -0.3 is 15.4 Å². The Morgan fingerprint density at radius 2 is 1.90 bits per heavy atom. The molecule has 4 rings (SSSR count). The third-order valence-electron chi connectivity index (χ3n) is 5.29. The van der Waals surface area contributed by atoms with E-state index in [9.17, 15) is 9.59 Å². The normalized spacial score (nSPS) is 16.7. The predicted molar refractivity (Wildman–Crippen MR) is 129 cm³/mol. The van der Waals surface area contributed by atoms with Gasteiger partial charge in [-0.15, -0.1) is 22.7 Å². The van der Waals surface area contributed by atoms with Crippen LogP contribution < -0.4 is 10.6 Å². The molecule has 0 saturated carbocycles. The lowest BCUT2D eigenvalue weighted by atomic mass is 9.81. The van der Waals surface area contributed by atoms with Crippen molar-refractivity contribution in [3.8, 4) is 0 Å². The second kappa shape index (κ2) is 7.89. The van der Waals surface area contributed by atoms with Crippen molar-refractivity contribution in [3.05, 3.63) is 50.2 Å². The van der Waals surface area contributed by atoms with Gasteiger partial charge in [-0.2, -0.15) is 0 Å². The van der Waals surface area contributed by atoms with E-state index in [1.165, 1.54) is 22.7 Å². The first kappa shape index (κ1) is 22.3. The molecule has 3 heterocycles. The number of nitrogens with one attached hydrogen (secondary N) is 2. The summed E-state index contributed by atoms with van der Waals surface area (Å²) in [5, 5.41) is 8.39. The Morgan fingerprint density at radius 1 is 1.19 bits per heavy atom. The third-order valence-corrected chi connectivity index (χ3v) is 8.44. The van der Waals surface area contributed by atoms with Crippen LogP contribution in [-0.2, 0) is 16.7 Å². The lowest BCUT2D eigenvalue weighted by Gasteiger charge is -2.42. The fourth-order valence-electron chi connectivity index (χ4n) is 4.35. The van der Waals surface area contributed by atoms with E-state index >= 15 is 0 Å². The average molecular weight is 477 g/mol. The van der Waals surface area contributed by atoms with E-state index < -0.39 is 5.97 Å². The minimum atomic E-state index is -0.411. The topological polar surface area (TPSA) is 67.4 Å². The van der Waals surface area contributed by atoms with E-state index in [0.717, 1.165) is 20.5 Å². The highest BCUT2D eigenvalue weighted by Gasteiger charge is 2.42. The second-order valence-corrected chi connectivity index (χ2v) is 11.3. The maximum atomic E-state index is 13.2. The van der Waals surface area contributed by atoms with E-state index in [4.69, 9.17) is 16.3 Å². The molecule has 0 bridgehead atoms. The van der Waals surface area contributed by atoms with Gasteiger partial charge >= 0.3 is 5.97 Å². The molecule has 2 aromatic heterocycles. The maximum absolute atomic E-state index is 13.2. The third kappa shape index (κ3) is 4.00. The summed E-state index contributed by atoms with van der Waals surface area (Å²) < 4.78 is 6.31. The minimum Gasteiger partial charge on any atom is -0.462 e. The molecular formula is C23H25ClN2O3S2. The van der Waals surface area contributed by atoms with Gasteiger partial charge in [0.2, 0.25) is 0 Å². The Bertz CT molecular complexity index is 1190. The number of amides is 1. The highest BCUT2D eigenvalue weighted by Crippen LogP contribution is 2.46. The summed E-state index contributed by atoms with van der Waals surface area (Å²) in [6, 6.07) is 7.65. The Balaban J connectivity index is 1.79. The molecule has 5 nitrogen and oxygen atoms in total. The van der Waals surface area contributed by atoms with Crippen molar-refractivity contribution in [2.24, 2.45) is 0 Å². The van der Waals surface area contributed by atoms with E-state index in [2.05, 4.69) is 38.3 Å². The summed E-state index contributed by atoms with van der Waals surface area (Å²) in [7, 11) is 0. The van der Waals surface area contributed by atoms with Crippen LogP contribution in [0.5, 0.6) is 0 Å². The van der Waals surface area contributed by atoms with Crippen molar-refractivity contribution in [2.45, 2.75) is 52.1 Å². The van der Waals surface area contributed by atoms with Crippen LogP contribution in [0.2, 0.25) is 5.02 Å². The molecule has 0 radical (unpaired) electrons. The number of benzene rings is 1. The summed E-state index contributed by atoms with van der Waals surface area (Å²) in [4.78, 5) is 27.6. The number of halogens is 1. The zero-order valence-electron chi connectivity index (χ0n) is 18.1. The van der Waals surface area contributed by atoms with Gasteiger partial charge in [-0.25, -0.2) is 4.79 Å². The molecule has 31 heavy (non-hydrogen) atoms. The van der Waals surface area contributed by atoms with Gasteiger partial charge in [0.15, 0.2) is 0 Å². The van der Waals surface area contributed by atoms with Crippen molar-refractivity contribution in [1.82, 2.24) is 5.32 Å². The first-order valence-electron chi connectivity index (χ1n) is 10.1. The molecule has 3 aromatic rings. The van der Waals surface area contributed by atoms with Crippen LogP contribution in [-0.4, -0.2) is 24.0 Å². The number of carbonyl (C=O) groups excluding carboxylic acids is 2. The molecule has 0 spiro atoms. The lowest BCUT2D eigenvalue weighted by molar-refractivity contribution is 0.0526. The number of anilines is 1. The second-order valence-electron chi connectivity index (χ2n) is 8.84. The standard InChI is InChI=1S/C23H25ClN2O3S2/c1-6-29-21(28)15-13-11-22(2,3)26-23(4,5)18(13)31-20(15)25-19(27)17-16(24)12-9-7-8-10-14(12)30-17/h7-10,26H,6,11H2,1-5H3,(H,25,27). The Morgan fingerprint density at radius 3 is 2.58 bits per heavy atom. The molecule has 0 fully saturated rings. The van der Waals surface area contributed by atoms with Gasteiger partial charge in [0.05, 0.1) is 17.2 Å². The number of ether oxygens (including phenoxy) is 1. The molecular weight excluding hydrogens is 452 g/mol. The molecule has 0 atom stereocenters. The van der Waals surface area contributed by atoms with Crippen LogP contribution in [0.3, 0.4) is 0 Å². The van der Waals surface area contributed by atoms with Crippen LogP contribution >= 0.6 is 34.3 Å². The fourth-order valence-corrected chi connectivity index (χ4v) is 7.03. The SMILES string of the molecule is CCOC(=O)c1c(NC(=O)c2sc3ccccc3c2Cl)sc2c1CC(C)(C)NC2(C)C. The number of hydrogen-bond donors (Lipinski definition) is 2.